The minimum Gasteiger partial charge on any atom is -0.339 e. The first-order chi connectivity index (χ1) is 13.1. The van der Waals surface area contributed by atoms with Crippen molar-refractivity contribution in [3.05, 3.63) is 60.2 Å². The number of pyridine rings is 1. The molecule has 2 aromatic heterocycles. The standard InChI is InChI=1S/C19H18N4O3S/c24-27(25,13-5-2-1-3-6-13)23-16-11-15(16)19-21-18(22-26-19)14-7-4-10-20-17(14)12-8-9-12/h1-7,10,12,15-16,23H,8-9,11H2/t15-,16-/m1/s1. The number of hydrogen-bond acceptors (Lipinski definition) is 6. The molecule has 2 heterocycles. The molecule has 0 radical (unpaired) electrons. The summed E-state index contributed by atoms with van der Waals surface area (Å²) in [6.45, 7) is 0. The molecular formula is C19H18N4O3S. The van der Waals surface area contributed by atoms with Crippen molar-refractivity contribution >= 4 is 10.0 Å². The Morgan fingerprint density at radius 2 is 1.89 bits per heavy atom. The third-order valence-corrected chi connectivity index (χ3v) is 6.46. The number of sulfonamides is 1. The predicted molar refractivity (Wildman–Crippen MR) is 97.4 cm³/mol. The maximum atomic E-state index is 12.4. The van der Waals surface area contributed by atoms with Crippen molar-refractivity contribution in [1.82, 2.24) is 19.8 Å². The Labute approximate surface area is 156 Å². The molecule has 0 saturated heterocycles. The van der Waals surface area contributed by atoms with Gasteiger partial charge in [-0.1, -0.05) is 23.4 Å². The summed E-state index contributed by atoms with van der Waals surface area (Å²) in [6, 6.07) is 11.9. The zero-order chi connectivity index (χ0) is 18.4. The summed E-state index contributed by atoms with van der Waals surface area (Å²) in [4.78, 5) is 9.24. The zero-order valence-electron chi connectivity index (χ0n) is 14.4. The van der Waals surface area contributed by atoms with Crippen molar-refractivity contribution in [2.75, 3.05) is 0 Å². The minimum atomic E-state index is -3.54. The molecule has 0 unspecified atom stereocenters. The molecule has 2 saturated carbocycles. The molecule has 1 aromatic carbocycles. The van der Waals surface area contributed by atoms with Crippen LogP contribution in [0.25, 0.3) is 11.4 Å². The average molecular weight is 382 g/mol. The van der Waals surface area contributed by atoms with Crippen molar-refractivity contribution < 1.29 is 12.9 Å². The van der Waals surface area contributed by atoms with Gasteiger partial charge < -0.3 is 4.52 Å². The van der Waals surface area contributed by atoms with Crippen molar-refractivity contribution in [2.45, 2.75) is 42.0 Å². The number of nitrogens with one attached hydrogen (secondary N) is 1. The summed E-state index contributed by atoms with van der Waals surface area (Å²) >= 11 is 0. The normalized spacial score (nSPS) is 21.9. The second kappa shape index (κ2) is 6.24. The van der Waals surface area contributed by atoms with Gasteiger partial charge in [0.25, 0.3) is 0 Å². The van der Waals surface area contributed by atoms with E-state index in [0.717, 1.165) is 24.1 Å². The SMILES string of the molecule is O=S(=O)(N[C@@H]1C[C@H]1c1nc(-c2cccnc2C2CC2)no1)c1ccccc1. The molecule has 2 atom stereocenters. The summed E-state index contributed by atoms with van der Waals surface area (Å²) in [5.41, 5.74) is 1.92. The third kappa shape index (κ3) is 3.26. The van der Waals surface area contributed by atoms with E-state index >= 15 is 0 Å². The first kappa shape index (κ1) is 16.6. The number of benzene rings is 1. The quantitative estimate of drug-likeness (QED) is 0.704. The molecule has 5 rings (SSSR count). The van der Waals surface area contributed by atoms with Crippen LogP contribution >= 0.6 is 0 Å². The Hall–Kier alpha value is -2.58. The van der Waals surface area contributed by atoms with Gasteiger partial charge in [0.05, 0.1) is 16.5 Å². The van der Waals surface area contributed by atoms with Crippen LogP contribution in [-0.2, 0) is 10.0 Å². The highest BCUT2D eigenvalue weighted by molar-refractivity contribution is 7.89. The summed E-state index contributed by atoms with van der Waals surface area (Å²) in [6.07, 6.45) is 4.71. The number of hydrogen-bond donors (Lipinski definition) is 1. The van der Waals surface area contributed by atoms with Crippen molar-refractivity contribution in [3.8, 4) is 11.4 Å². The van der Waals surface area contributed by atoms with Gasteiger partial charge >= 0.3 is 0 Å². The van der Waals surface area contributed by atoms with E-state index in [0.29, 0.717) is 24.1 Å². The highest BCUT2D eigenvalue weighted by Crippen LogP contribution is 2.44. The fourth-order valence-electron chi connectivity index (χ4n) is 3.25. The summed E-state index contributed by atoms with van der Waals surface area (Å²) in [5.74, 6) is 1.38. The maximum absolute atomic E-state index is 12.4. The van der Waals surface area contributed by atoms with Crippen LogP contribution in [-0.4, -0.2) is 29.6 Å². The summed E-state index contributed by atoms with van der Waals surface area (Å²) in [5, 5.41) is 4.10. The molecule has 0 amide bonds. The molecule has 2 fully saturated rings. The van der Waals surface area contributed by atoms with Crippen molar-refractivity contribution in [1.29, 1.82) is 0 Å². The molecule has 7 nitrogen and oxygen atoms in total. The largest absolute Gasteiger partial charge is 0.339 e. The molecule has 0 aliphatic heterocycles. The van der Waals surface area contributed by atoms with E-state index in [4.69, 9.17) is 4.52 Å². The minimum absolute atomic E-state index is 0.0919. The van der Waals surface area contributed by atoms with Crippen LogP contribution in [0.1, 0.15) is 42.7 Å². The van der Waals surface area contributed by atoms with Crippen LogP contribution in [0.5, 0.6) is 0 Å². The van der Waals surface area contributed by atoms with E-state index in [2.05, 4.69) is 19.8 Å². The first-order valence-corrected chi connectivity index (χ1v) is 10.5. The molecule has 1 N–H and O–H groups in total. The smallest absolute Gasteiger partial charge is 0.240 e. The number of aromatic nitrogens is 3. The van der Waals surface area contributed by atoms with Gasteiger partial charge in [-0.15, -0.1) is 0 Å². The van der Waals surface area contributed by atoms with Gasteiger partial charge in [0, 0.05) is 23.7 Å². The lowest BCUT2D eigenvalue weighted by Gasteiger charge is -2.05. The fraction of sp³-hybridized carbons (Fsp3) is 0.316. The van der Waals surface area contributed by atoms with E-state index in [1.165, 1.54) is 0 Å². The van der Waals surface area contributed by atoms with Crippen molar-refractivity contribution in [3.63, 3.8) is 0 Å². The topological polar surface area (TPSA) is 98.0 Å². The van der Waals surface area contributed by atoms with Gasteiger partial charge in [0.2, 0.25) is 21.7 Å². The van der Waals surface area contributed by atoms with Crippen LogP contribution in [0, 0.1) is 0 Å². The second-order valence-electron chi connectivity index (χ2n) is 7.05. The zero-order valence-corrected chi connectivity index (χ0v) is 15.3. The van der Waals surface area contributed by atoms with Gasteiger partial charge in [-0.2, -0.15) is 4.98 Å². The van der Waals surface area contributed by atoms with E-state index in [9.17, 15) is 8.42 Å². The Bertz CT molecular complexity index is 1080. The lowest BCUT2D eigenvalue weighted by molar-refractivity contribution is 0.378. The second-order valence-corrected chi connectivity index (χ2v) is 8.76. The summed E-state index contributed by atoms with van der Waals surface area (Å²) in [7, 11) is -3.54. The highest BCUT2D eigenvalue weighted by atomic mass is 32.2. The van der Waals surface area contributed by atoms with Crippen LogP contribution < -0.4 is 4.72 Å². The Kier molecular flexibility index (Phi) is 3.84. The molecule has 8 heteroatoms. The van der Waals surface area contributed by atoms with Gasteiger partial charge in [0.1, 0.15) is 0 Å². The van der Waals surface area contributed by atoms with Crippen LogP contribution in [0.2, 0.25) is 0 Å². The molecule has 2 aliphatic carbocycles. The first-order valence-electron chi connectivity index (χ1n) is 8.98. The molecular weight excluding hydrogens is 364 g/mol. The van der Waals surface area contributed by atoms with Gasteiger partial charge in [0.15, 0.2) is 0 Å². The van der Waals surface area contributed by atoms with Crippen LogP contribution in [0.4, 0.5) is 0 Å². The Morgan fingerprint density at radius 1 is 1.07 bits per heavy atom. The van der Waals surface area contributed by atoms with Crippen molar-refractivity contribution in [2.24, 2.45) is 0 Å². The lowest BCUT2D eigenvalue weighted by Crippen LogP contribution is -2.26. The maximum Gasteiger partial charge on any atom is 0.240 e. The van der Waals surface area contributed by atoms with Gasteiger partial charge in [-0.3, -0.25) is 4.98 Å². The van der Waals surface area contributed by atoms with E-state index in [1.54, 1.807) is 36.5 Å². The molecule has 0 bridgehead atoms. The fourth-order valence-corrected chi connectivity index (χ4v) is 4.56. The number of rotatable bonds is 6. The molecule has 3 aromatic rings. The Balaban J connectivity index is 1.32. The Morgan fingerprint density at radius 3 is 2.67 bits per heavy atom. The number of nitrogens with zero attached hydrogens (tertiary/aromatic N) is 3. The molecule has 27 heavy (non-hydrogen) atoms. The van der Waals surface area contributed by atoms with Crippen LogP contribution in [0.3, 0.4) is 0 Å². The average Bonchev–Trinajstić information content (AvgIpc) is 3.61. The monoisotopic (exact) mass is 382 g/mol. The summed E-state index contributed by atoms with van der Waals surface area (Å²) < 4.78 is 33.0. The van der Waals surface area contributed by atoms with Gasteiger partial charge in [-0.25, -0.2) is 13.1 Å². The van der Waals surface area contributed by atoms with Gasteiger partial charge in [-0.05, 0) is 43.5 Å². The third-order valence-electron chi connectivity index (χ3n) is 4.95. The van der Waals surface area contributed by atoms with E-state index in [-0.39, 0.29) is 16.9 Å². The molecule has 2 aliphatic rings. The molecule has 0 spiro atoms. The predicted octanol–water partition coefficient (Wildman–Crippen LogP) is 2.84. The van der Waals surface area contributed by atoms with E-state index < -0.39 is 10.0 Å². The lowest BCUT2D eigenvalue weighted by atomic mass is 10.1. The highest BCUT2D eigenvalue weighted by Gasteiger charge is 2.45. The van der Waals surface area contributed by atoms with E-state index in [1.807, 2.05) is 12.1 Å². The van der Waals surface area contributed by atoms with Crippen LogP contribution in [0.15, 0.2) is 58.1 Å². The molecule has 138 valence electrons.